The van der Waals surface area contributed by atoms with E-state index in [0.29, 0.717) is 29.5 Å². The molecule has 0 radical (unpaired) electrons. The minimum absolute atomic E-state index is 0.166. The number of hydrogen-bond donors (Lipinski definition) is 1. The van der Waals surface area contributed by atoms with Crippen LogP contribution in [-0.4, -0.2) is 34.5 Å². The Morgan fingerprint density at radius 2 is 2.18 bits per heavy atom. The normalized spacial score (nSPS) is 13.5. The van der Waals surface area contributed by atoms with E-state index in [2.05, 4.69) is 27.0 Å². The Balaban J connectivity index is 1.87. The molecule has 152 valence electrons. The van der Waals surface area contributed by atoms with Crippen molar-refractivity contribution in [1.29, 1.82) is 0 Å². The molecule has 0 unspecified atom stereocenters. The molecule has 2 amide bonds. The molecular weight excluding hydrogens is 378 g/mol. The number of fused-ring (bicyclic) bond motifs is 1. The van der Waals surface area contributed by atoms with Gasteiger partial charge in [0.1, 0.15) is 11.6 Å². The van der Waals surface area contributed by atoms with Crippen LogP contribution in [0.25, 0.3) is 0 Å². The molecule has 0 atom stereocenters. The predicted molar refractivity (Wildman–Crippen MR) is 110 cm³/mol. The first-order valence-corrected chi connectivity index (χ1v) is 10.3. The van der Waals surface area contributed by atoms with Gasteiger partial charge in [-0.2, -0.15) is 0 Å². The summed E-state index contributed by atoms with van der Waals surface area (Å²) in [5.74, 6) is 2.38. The number of methoxy groups -OCH3 is 1. The van der Waals surface area contributed by atoms with Crippen molar-refractivity contribution in [3.63, 3.8) is 0 Å². The van der Waals surface area contributed by atoms with E-state index in [-0.39, 0.29) is 6.03 Å². The van der Waals surface area contributed by atoms with Crippen molar-refractivity contribution in [3.05, 3.63) is 34.9 Å². The predicted octanol–water partition coefficient (Wildman–Crippen LogP) is 4.18. The molecule has 1 aromatic heterocycles. The van der Waals surface area contributed by atoms with Crippen LogP contribution in [0.4, 0.5) is 10.5 Å². The fourth-order valence-electron chi connectivity index (χ4n) is 3.37. The number of urea groups is 1. The lowest BCUT2D eigenvalue weighted by molar-refractivity contribution is 0.245. The third kappa shape index (κ3) is 4.76. The fourth-order valence-corrected chi connectivity index (χ4v) is 3.63. The molecule has 1 aliphatic heterocycles. The molecule has 28 heavy (non-hydrogen) atoms. The quantitative estimate of drug-likeness (QED) is 0.701. The molecule has 3 rings (SSSR count). The number of benzene rings is 1. The number of carbonyl (C=O) groups excluding carboxylic acids is 1. The fraction of sp³-hybridized carbons (Fsp3) is 0.550. The van der Waals surface area contributed by atoms with Gasteiger partial charge in [-0.1, -0.05) is 31.4 Å². The average molecular weight is 406 g/mol. The van der Waals surface area contributed by atoms with Crippen molar-refractivity contribution in [2.45, 2.75) is 58.5 Å². The highest BCUT2D eigenvalue weighted by Gasteiger charge is 2.22. The zero-order valence-corrected chi connectivity index (χ0v) is 17.3. The summed E-state index contributed by atoms with van der Waals surface area (Å²) >= 11 is 6.31. The molecule has 0 saturated carbocycles. The largest absolute Gasteiger partial charge is 0.495 e. The number of halogens is 1. The monoisotopic (exact) mass is 405 g/mol. The van der Waals surface area contributed by atoms with E-state index in [1.165, 1.54) is 6.42 Å². The van der Waals surface area contributed by atoms with Crippen molar-refractivity contribution >= 4 is 23.3 Å². The number of rotatable bonds is 7. The van der Waals surface area contributed by atoms with Crippen LogP contribution in [0.3, 0.4) is 0 Å². The first-order valence-electron chi connectivity index (χ1n) is 9.94. The molecule has 1 aliphatic rings. The maximum atomic E-state index is 12.9. The van der Waals surface area contributed by atoms with Gasteiger partial charge in [0.2, 0.25) is 0 Å². The average Bonchev–Trinajstić information content (AvgIpc) is 2.92. The van der Waals surface area contributed by atoms with Crippen LogP contribution in [0.5, 0.6) is 5.75 Å². The van der Waals surface area contributed by atoms with E-state index in [1.807, 2.05) is 6.07 Å². The molecule has 2 heterocycles. The molecule has 0 bridgehead atoms. The van der Waals surface area contributed by atoms with E-state index < -0.39 is 0 Å². The second kappa shape index (κ2) is 9.78. The molecule has 2 aromatic rings. The van der Waals surface area contributed by atoms with Crippen LogP contribution in [0.2, 0.25) is 5.02 Å². The summed E-state index contributed by atoms with van der Waals surface area (Å²) in [6, 6.07) is 5.19. The molecule has 1 aromatic carbocycles. The number of amides is 2. The van der Waals surface area contributed by atoms with Gasteiger partial charge in [0.05, 0.1) is 18.7 Å². The summed E-state index contributed by atoms with van der Waals surface area (Å²) in [5, 5.41) is 12.2. The summed E-state index contributed by atoms with van der Waals surface area (Å²) in [7, 11) is 1.57. The van der Waals surface area contributed by atoms with Gasteiger partial charge in [0, 0.05) is 25.2 Å². The topological polar surface area (TPSA) is 72.3 Å². The number of nitrogens with one attached hydrogen (secondary N) is 1. The maximum absolute atomic E-state index is 12.9. The third-order valence-electron chi connectivity index (χ3n) is 4.98. The second-order valence-corrected chi connectivity index (χ2v) is 7.39. The number of ether oxygens (including phenoxy) is 1. The lowest BCUT2D eigenvalue weighted by Crippen LogP contribution is -2.40. The third-order valence-corrected chi connectivity index (χ3v) is 5.28. The number of aromatic nitrogens is 3. The van der Waals surface area contributed by atoms with Crippen LogP contribution in [0.15, 0.2) is 18.2 Å². The Morgan fingerprint density at radius 3 is 2.93 bits per heavy atom. The standard InChI is InChI=1S/C20H28ClN5O2/c1-3-4-11-22-20(27)26(15-9-10-17(28-2)16(21)13-15)14-19-24-23-18-8-6-5-7-12-25(18)19/h9-10,13H,3-8,11-12,14H2,1-2H3,(H,22,27). The Bertz CT molecular complexity index is 808. The van der Waals surface area contributed by atoms with E-state index in [1.54, 1.807) is 24.1 Å². The minimum atomic E-state index is -0.166. The van der Waals surface area contributed by atoms with E-state index >= 15 is 0 Å². The lowest BCUT2D eigenvalue weighted by Gasteiger charge is -2.24. The Morgan fingerprint density at radius 1 is 1.32 bits per heavy atom. The molecule has 0 saturated heterocycles. The van der Waals surface area contributed by atoms with E-state index in [9.17, 15) is 4.79 Å². The van der Waals surface area contributed by atoms with Gasteiger partial charge in [-0.25, -0.2) is 4.79 Å². The van der Waals surface area contributed by atoms with Gasteiger partial charge in [-0.05, 0) is 37.5 Å². The van der Waals surface area contributed by atoms with Crippen molar-refractivity contribution < 1.29 is 9.53 Å². The van der Waals surface area contributed by atoms with Crippen molar-refractivity contribution in [2.75, 3.05) is 18.6 Å². The zero-order valence-electron chi connectivity index (χ0n) is 16.6. The van der Waals surface area contributed by atoms with Crippen LogP contribution in [0.1, 0.15) is 50.7 Å². The number of anilines is 1. The van der Waals surface area contributed by atoms with Gasteiger partial charge in [-0.15, -0.1) is 10.2 Å². The maximum Gasteiger partial charge on any atom is 0.322 e. The number of aryl methyl sites for hydroxylation is 1. The SMILES string of the molecule is CCCCNC(=O)N(Cc1nnc2n1CCCCC2)c1ccc(OC)c(Cl)c1. The van der Waals surface area contributed by atoms with Crippen molar-refractivity contribution in [2.24, 2.45) is 0 Å². The van der Waals surface area contributed by atoms with Crippen LogP contribution in [-0.2, 0) is 19.5 Å². The second-order valence-electron chi connectivity index (χ2n) is 6.99. The number of nitrogens with zero attached hydrogens (tertiary/aromatic N) is 4. The first kappa shape index (κ1) is 20.5. The number of unbranched alkanes of at least 4 members (excludes halogenated alkanes) is 1. The summed E-state index contributed by atoms with van der Waals surface area (Å²) in [6.07, 6.45) is 6.32. The molecule has 8 heteroatoms. The minimum Gasteiger partial charge on any atom is -0.495 e. The van der Waals surface area contributed by atoms with Gasteiger partial charge in [0.15, 0.2) is 5.82 Å². The summed E-state index contributed by atoms with van der Waals surface area (Å²) in [6.45, 7) is 3.96. The number of hydrogen-bond acceptors (Lipinski definition) is 4. The summed E-state index contributed by atoms with van der Waals surface area (Å²) in [4.78, 5) is 14.6. The molecule has 0 spiro atoms. The van der Waals surface area contributed by atoms with E-state index in [4.69, 9.17) is 16.3 Å². The molecule has 1 N–H and O–H groups in total. The van der Waals surface area contributed by atoms with Gasteiger partial charge in [-0.3, -0.25) is 4.90 Å². The van der Waals surface area contributed by atoms with Crippen molar-refractivity contribution in [3.8, 4) is 5.75 Å². The highest BCUT2D eigenvalue weighted by molar-refractivity contribution is 6.32. The van der Waals surface area contributed by atoms with Gasteiger partial charge >= 0.3 is 6.03 Å². The Hall–Kier alpha value is -2.28. The van der Waals surface area contributed by atoms with E-state index in [0.717, 1.165) is 50.3 Å². The van der Waals surface area contributed by atoms with Gasteiger partial charge in [0.25, 0.3) is 0 Å². The Kier molecular flexibility index (Phi) is 7.14. The van der Waals surface area contributed by atoms with Gasteiger partial charge < -0.3 is 14.6 Å². The van der Waals surface area contributed by atoms with Crippen molar-refractivity contribution in [1.82, 2.24) is 20.1 Å². The lowest BCUT2D eigenvalue weighted by atomic mass is 10.2. The number of carbonyl (C=O) groups is 1. The molecular formula is C20H28ClN5O2. The van der Waals surface area contributed by atoms with Crippen LogP contribution < -0.4 is 15.0 Å². The van der Waals surface area contributed by atoms with Crippen LogP contribution in [0, 0.1) is 0 Å². The highest BCUT2D eigenvalue weighted by Crippen LogP contribution is 2.30. The Labute approximate surface area is 171 Å². The summed E-state index contributed by atoms with van der Waals surface area (Å²) < 4.78 is 7.39. The first-order chi connectivity index (χ1) is 13.6. The summed E-state index contributed by atoms with van der Waals surface area (Å²) in [5.41, 5.74) is 0.700. The molecule has 0 fully saturated rings. The smallest absolute Gasteiger partial charge is 0.322 e. The zero-order chi connectivity index (χ0) is 19.9. The molecule has 0 aliphatic carbocycles. The highest BCUT2D eigenvalue weighted by atomic mass is 35.5. The van der Waals surface area contributed by atoms with Crippen LogP contribution >= 0.6 is 11.6 Å². The molecule has 7 nitrogen and oxygen atoms in total.